The lowest BCUT2D eigenvalue weighted by molar-refractivity contribution is 0.0511. The predicted molar refractivity (Wildman–Crippen MR) is 142 cm³/mol. The second-order valence-electron chi connectivity index (χ2n) is 7.77. The largest absolute Gasteiger partial charge is 0.395 e. The molecule has 0 bridgehead atoms. The number of carbonyl (C=O) groups excluding carboxylic acids is 1. The van der Waals surface area contributed by atoms with Crippen molar-refractivity contribution in [1.29, 1.82) is 0 Å². The van der Waals surface area contributed by atoms with E-state index in [0.717, 1.165) is 5.56 Å². The van der Waals surface area contributed by atoms with Crippen molar-refractivity contribution in [2.75, 3.05) is 68.6 Å². The van der Waals surface area contributed by atoms with Crippen molar-refractivity contribution in [3.05, 3.63) is 65.7 Å². The molecule has 3 rings (SSSR count). The van der Waals surface area contributed by atoms with Crippen LogP contribution in [0.1, 0.15) is 15.9 Å². The van der Waals surface area contributed by atoms with E-state index in [1.807, 2.05) is 36.4 Å². The lowest BCUT2D eigenvalue weighted by Crippen LogP contribution is -2.27. The highest BCUT2D eigenvalue weighted by Crippen LogP contribution is 2.18. The Morgan fingerprint density at radius 3 is 2.32 bits per heavy atom. The van der Waals surface area contributed by atoms with E-state index < -0.39 is 0 Å². The Balaban J connectivity index is 1.58. The summed E-state index contributed by atoms with van der Waals surface area (Å²) in [6.45, 7) is 3.40. The molecule has 0 aliphatic heterocycles. The zero-order valence-electron chi connectivity index (χ0n) is 20.7. The minimum Gasteiger partial charge on any atom is -0.395 e. The first kappa shape index (κ1) is 27.7. The lowest BCUT2D eigenvalue weighted by atomic mass is 10.2. The third-order valence-corrected chi connectivity index (χ3v) is 4.87. The Morgan fingerprint density at radius 2 is 1.57 bits per heavy atom. The number of nitrogens with one attached hydrogen (secondary N) is 4. The number of nitrogens with two attached hydrogens (primary N) is 1. The van der Waals surface area contributed by atoms with E-state index in [1.165, 1.54) is 0 Å². The second-order valence-corrected chi connectivity index (χ2v) is 7.77. The number of benzene rings is 2. The topological polar surface area (TPSA) is 169 Å². The zero-order chi connectivity index (χ0) is 26.1. The summed E-state index contributed by atoms with van der Waals surface area (Å²) in [6, 6.07) is 16.9. The van der Waals surface area contributed by atoms with Crippen molar-refractivity contribution >= 4 is 29.4 Å². The van der Waals surface area contributed by atoms with Crippen molar-refractivity contribution in [2.24, 2.45) is 5.73 Å². The average molecular weight is 511 g/mol. The molecular formula is C25H34N8O4. The molecular weight excluding hydrogens is 476 g/mol. The highest BCUT2D eigenvalue weighted by Gasteiger charge is 2.10. The van der Waals surface area contributed by atoms with Gasteiger partial charge in [0.05, 0.1) is 33.0 Å². The zero-order valence-corrected chi connectivity index (χ0v) is 20.7. The first-order valence-electron chi connectivity index (χ1n) is 12.1. The van der Waals surface area contributed by atoms with E-state index in [2.05, 4.69) is 36.2 Å². The van der Waals surface area contributed by atoms with Gasteiger partial charge in [-0.15, -0.1) is 0 Å². The first-order chi connectivity index (χ1) is 18.2. The van der Waals surface area contributed by atoms with E-state index >= 15 is 0 Å². The molecule has 0 spiro atoms. The molecule has 0 saturated heterocycles. The number of aromatic nitrogens is 3. The SMILES string of the molecule is NCCOCCOCCNC(=O)c1cccc(Nc2nc(NCCO)nc(NCc3ccccc3)n2)c1. The van der Waals surface area contributed by atoms with E-state index in [1.54, 1.807) is 18.2 Å². The number of amides is 1. The van der Waals surface area contributed by atoms with Crippen LogP contribution in [0.25, 0.3) is 0 Å². The van der Waals surface area contributed by atoms with Gasteiger partial charge >= 0.3 is 0 Å². The highest BCUT2D eigenvalue weighted by molar-refractivity contribution is 5.95. The number of hydrogen-bond donors (Lipinski definition) is 6. The fraction of sp³-hybridized carbons (Fsp3) is 0.360. The summed E-state index contributed by atoms with van der Waals surface area (Å²) >= 11 is 0. The van der Waals surface area contributed by atoms with Gasteiger partial charge < -0.3 is 41.6 Å². The maximum Gasteiger partial charge on any atom is 0.251 e. The fourth-order valence-electron chi connectivity index (χ4n) is 3.15. The quantitative estimate of drug-likeness (QED) is 0.145. The van der Waals surface area contributed by atoms with E-state index in [9.17, 15) is 4.79 Å². The van der Waals surface area contributed by atoms with Crippen molar-refractivity contribution in [3.8, 4) is 0 Å². The smallest absolute Gasteiger partial charge is 0.251 e. The van der Waals surface area contributed by atoms with Crippen molar-refractivity contribution < 1.29 is 19.4 Å². The Kier molecular flexibility index (Phi) is 12.0. The molecule has 0 aliphatic carbocycles. The van der Waals surface area contributed by atoms with Gasteiger partial charge in [0.15, 0.2) is 0 Å². The second kappa shape index (κ2) is 16.0. The van der Waals surface area contributed by atoms with Crippen LogP contribution < -0.4 is 27.0 Å². The van der Waals surface area contributed by atoms with Crippen LogP contribution in [0.4, 0.5) is 23.5 Å². The standard InChI is InChI=1S/C25H34N8O4/c26-9-13-36-15-16-37-14-11-27-22(35)20-7-4-8-21(17-20)30-25-32-23(28-10-12-34)31-24(33-25)29-18-19-5-2-1-3-6-19/h1-8,17,34H,9-16,18,26H2,(H,27,35)(H3,28,29,30,31,32,33). The predicted octanol–water partition coefficient (Wildman–Crippen LogP) is 1.35. The highest BCUT2D eigenvalue weighted by atomic mass is 16.5. The maximum absolute atomic E-state index is 12.6. The van der Waals surface area contributed by atoms with Gasteiger partial charge in [0.2, 0.25) is 17.8 Å². The summed E-state index contributed by atoms with van der Waals surface area (Å²) in [6.07, 6.45) is 0. The molecule has 37 heavy (non-hydrogen) atoms. The van der Waals surface area contributed by atoms with Crippen molar-refractivity contribution in [3.63, 3.8) is 0 Å². The number of aliphatic hydroxyl groups excluding tert-OH is 1. The van der Waals surface area contributed by atoms with Crippen LogP contribution in [-0.4, -0.2) is 78.6 Å². The normalized spacial score (nSPS) is 10.6. The van der Waals surface area contributed by atoms with E-state index in [0.29, 0.717) is 75.8 Å². The summed E-state index contributed by atoms with van der Waals surface area (Å²) in [7, 11) is 0. The lowest BCUT2D eigenvalue weighted by Gasteiger charge is -2.12. The molecule has 12 heteroatoms. The number of carbonyl (C=O) groups is 1. The number of nitrogens with zero attached hydrogens (tertiary/aromatic N) is 3. The fourth-order valence-corrected chi connectivity index (χ4v) is 3.15. The Bertz CT molecular complexity index is 1090. The van der Waals surface area contributed by atoms with Crippen molar-refractivity contribution in [1.82, 2.24) is 20.3 Å². The van der Waals surface area contributed by atoms with E-state index in [-0.39, 0.29) is 18.5 Å². The van der Waals surface area contributed by atoms with Gasteiger partial charge in [0.25, 0.3) is 5.91 Å². The van der Waals surface area contributed by atoms with Gasteiger partial charge in [-0.1, -0.05) is 36.4 Å². The van der Waals surface area contributed by atoms with Gasteiger partial charge in [-0.3, -0.25) is 4.79 Å². The number of rotatable bonds is 17. The van der Waals surface area contributed by atoms with E-state index in [4.69, 9.17) is 20.3 Å². The molecule has 198 valence electrons. The van der Waals surface area contributed by atoms with Gasteiger partial charge in [-0.05, 0) is 23.8 Å². The summed E-state index contributed by atoms with van der Waals surface area (Å²) in [4.78, 5) is 25.7. The van der Waals surface area contributed by atoms with Crippen LogP contribution in [0.15, 0.2) is 54.6 Å². The molecule has 0 aliphatic rings. The van der Waals surface area contributed by atoms with Crippen LogP contribution in [-0.2, 0) is 16.0 Å². The van der Waals surface area contributed by atoms with Gasteiger partial charge in [0.1, 0.15) is 0 Å². The number of ether oxygens (including phenoxy) is 2. The van der Waals surface area contributed by atoms with Crippen LogP contribution in [0.2, 0.25) is 0 Å². The monoisotopic (exact) mass is 510 g/mol. The van der Waals surface area contributed by atoms with Crippen LogP contribution in [0.3, 0.4) is 0 Å². The molecule has 1 amide bonds. The molecule has 12 nitrogen and oxygen atoms in total. The molecule has 0 saturated carbocycles. The molecule has 7 N–H and O–H groups in total. The number of anilines is 4. The number of hydrogen-bond acceptors (Lipinski definition) is 11. The van der Waals surface area contributed by atoms with Gasteiger partial charge in [-0.25, -0.2) is 0 Å². The average Bonchev–Trinajstić information content (AvgIpc) is 2.93. The minimum absolute atomic E-state index is 0.0640. The summed E-state index contributed by atoms with van der Waals surface area (Å²) < 4.78 is 10.7. The molecule has 1 aromatic heterocycles. The number of aliphatic hydroxyl groups is 1. The summed E-state index contributed by atoms with van der Waals surface area (Å²) in [5, 5.41) is 21.2. The molecule has 0 radical (unpaired) electrons. The minimum atomic E-state index is -0.224. The Morgan fingerprint density at radius 1 is 0.838 bits per heavy atom. The maximum atomic E-state index is 12.6. The first-order valence-corrected chi connectivity index (χ1v) is 12.1. The Labute approximate surface area is 216 Å². The third kappa shape index (κ3) is 10.4. The van der Waals surface area contributed by atoms with Gasteiger partial charge in [0, 0.05) is 37.4 Å². The van der Waals surface area contributed by atoms with Crippen LogP contribution in [0.5, 0.6) is 0 Å². The molecule has 3 aromatic rings. The summed E-state index contributed by atoms with van der Waals surface area (Å²) in [5.41, 5.74) is 7.54. The Hall–Kier alpha value is -3.84. The molecule has 1 heterocycles. The van der Waals surface area contributed by atoms with Crippen LogP contribution >= 0.6 is 0 Å². The van der Waals surface area contributed by atoms with Crippen molar-refractivity contribution in [2.45, 2.75) is 6.54 Å². The van der Waals surface area contributed by atoms with Gasteiger partial charge in [-0.2, -0.15) is 15.0 Å². The van der Waals surface area contributed by atoms with Crippen LogP contribution in [0, 0.1) is 0 Å². The molecule has 0 unspecified atom stereocenters. The summed E-state index contributed by atoms with van der Waals surface area (Å²) in [5.74, 6) is 0.736. The molecule has 2 aromatic carbocycles. The molecule has 0 fully saturated rings. The molecule has 0 atom stereocenters. The third-order valence-electron chi connectivity index (χ3n) is 4.87.